The van der Waals surface area contributed by atoms with Crippen LogP contribution >= 0.6 is 22.7 Å². The van der Waals surface area contributed by atoms with Crippen molar-refractivity contribution in [3.63, 3.8) is 0 Å². The highest BCUT2D eigenvalue weighted by atomic mass is 32.1. The Hall–Kier alpha value is -4.00. The predicted molar refractivity (Wildman–Crippen MR) is 187 cm³/mol. The predicted octanol–water partition coefficient (Wildman–Crippen LogP) is 10.9. The van der Waals surface area contributed by atoms with E-state index in [9.17, 15) is 0 Å². The van der Waals surface area contributed by atoms with E-state index >= 15 is 0 Å². The molecule has 6 heteroatoms. The van der Waals surface area contributed by atoms with Gasteiger partial charge in [0, 0.05) is 22.3 Å². The van der Waals surface area contributed by atoms with Crippen LogP contribution in [0.2, 0.25) is 0 Å². The Morgan fingerprint density at radius 1 is 0.409 bits per heavy atom. The molecule has 0 unspecified atom stereocenters. The first-order valence-corrected chi connectivity index (χ1v) is 16.6. The van der Waals surface area contributed by atoms with Crippen molar-refractivity contribution in [3.05, 3.63) is 107 Å². The summed E-state index contributed by atoms with van der Waals surface area (Å²) in [4.78, 5) is 0. The lowest BCUT2D eigenvalue weighted by molar-refractivity contribution is 0.590. The van der Waals surface area contributed by atoms with E-state index in [1.807, 2.05) is 0 Å². The standard InChI is InChI=1S/C38H38N4S2/c1-23-21-27(35-41-39-33(43-35)25-9-15-29(16-10-25)37(3,4)5)13-19-31(23)32-20-14-28(22-24(32)2)36-42-40-34(44-36)26-11-17-30(18-12-26)38(6,7)8/h9-22H,1-8H3. The van der Waals surface area contributed by atoms with Crippen LogP contribution in [-0.4, -0.2) is 20.4 Å². The molecule has 6 aromatic rings. The minimum atomic E-state index is 0.129. The van der Waals surface area contributed by atoms with Gasteiger partial charge >= 0.3 is 0 Å². The minimum Gasteiger partial charge on any atom is -0.138 e. The Morgan fingerprint density at radius 2 is 0.705 bits per heavy atom. The lowest BCUT2D eigenvalue weighted by Crippen LogP contribution is -2.10. The van der Waals surface area contributed by atoms with Crippen molar-refractivity contribution in [1.82, 2.24) is 20.4 Å². The SMILES string of the molecule is Cc1cc(-c2nnc(-c3ccc(C(C)(C)C)cc3)s2)ccc1-c1ccc(-c2nnc(-c3ccc(C(C)(C)C)cc3)s2)cc1C. The molecule has 0 saturated carbocycles. The summed E-state index contributed by atoms with van der Waals surface area (Å²) in [6.45, 7) is 17.7. The molecule has 0 amide bonds. The highest BCUT2D eigenvalue weighted by Crippen LogP contribution is 2.37. The van der Waals surface area contributed by atoms with E-state index in [0.29, 0.717) is 0 Å². The Balaban J connectivity index is 1.21. The zero-order valence-corrected chi connectivity index (χ0v) is 28.3. The summed E-state index contributed by atoms with van der Waals surface area (Å²) in [5.74, 6) is 0. The molecule has 0 saturated heterocycles. The molecule has 6 rings (SSSR count). The molecule has 44 heavy (non-hydrogen) atoms. The third-order valence-corrected chi connectivity index (χ3v) is 10.1. The van der Waals surface area contributed by atoms with Crippen LogP contribution in [0, 0.1) is 13.8 Å². The van der Waals surface area contributed by atoms with Crippen molar-refractivity contribution in [2.45, 2.75) is 66.2 Å². The molecule has 2 aromatic heterocycles. The number of hydrogen-bond acceptors (Lipinski definition) is 6. The fourth-order valence-corrected chi connectivity index (χ4v) is 7.03. The van der Waals surface area contributed by atoms with Gasteiger partial charge < -0.3 is 0 Å². The summed E-state index contributed by atoms with van der Waals surface area (Å²) in [6.07, 6.45) is 0. The maximum atomic E-state index is 4.54. The molecule has 4 aromatic carbocycles. The Morgan fingerprint density at radius 3 is 1.00 bits per heavy atom. The maximum absolute atomic E-state index is 4.54. The molecule has 0 aliphatic rings. The summed E-state index contributed by atoms with van der Waals surface area (Å²) < 4.78 is 0. The Bertz CT molecular complexity index is 1790. The van der Waals surface area contributed by atoms with Gasteiger partial charge in [-0.2, -0.15) is 0 Å². The van der Waals surface area contributed by atoms with Gasteiger partial charge in [0.25, 0.3) is 0 Å². The quantitative estimate of drug-likeness (QED) is 0.194. The molecule has 4 nitrogen and oxygen atoms in total. The molecule has 0 aliphatic carbocycles. The van der Waals surface area contributed by atoms with Crippen molar-refractivity contribution in [2.24, 2.45) is 0 Å². The highest BCUT2D eigenvalue weighted by Gasteiger charge is 2.17. The molecule has 0 fully saturated rings. The van der Waals surface area contributed by atoms with Crippen molar-refractivity contribution in [3.8, 4) is 53.4 Å². The third kappa shape index (κ3) is 6.15. The summed E-state index contributed by atoms with van der Waals surface area (Å²) in [6, 6.07) is 30.5. The fraction of sp³-hybridized carbons (Fsp3) is 0.263. The third-order valence-electron chi connectivity index (χ3n) is 8.08. The summed E-state index contributed by atoms with van der Waals surface area (Å²) in [5, 5.41) is 21.8. The van der Waals surface area contributed by atoms with Gasteiger partial charge in [0.15, 0.2) is 0 Å². The molecule has 2 heterocycles. The molecule has 0 bridgehead atoms. The molecule has 222 valence electrons. The first kappa shape index (κ1) is 30.0. The topological polar surface area (TPSA) is 51.6 Å². The largest absolute Gasteiger partial charge is 0.148 e. The van der Waals surface area contributed by atoms with Crippen LogP contribution in [0.4, 0.5) is 0 Å². The van der Waals surface area contributed by atoms with Crippen LogP contribution in [-0.2, 0) is 10.8 Å². The minimum absolute atomic E-state index is 0.129. The van der Waals surface area contributed by atoms with Crippen molar-refractivity contribution < 1.29 is 0 Å². The number of rotatable bonds is 5. The van der Waals surface area contributed by atoms with E-state index in [1.165, 1.54) is 33.4 Å². The summed E-state index contributed by atoms with van der Waals surface area (Å²) in [5.41, 5.74) is 12.1. The van der Waals surface area contributed by atoms with Gasteiger partial charge in [0.2, 0.25) is 0 Å². The number of aromatic nitrogens is 4. The molecule has 0 spiro atoms. The second-order valence-corrected chi connectivity index (χ2v) is 15.5. The second kappa shape index (κ2) is 11.5. The molecular weight excluding hydrogens is 577 g/mol. The molecule has 0 aliphatic heterocycles. The van der Waals surface area contributed by atoms with E-state index in [2.05, 4.69) is 161 Å². The lowest BCUT2D eigenvalue weighted by Gasteiger charge is -2.18. The first-order valence-electron chi connectivity index (χ1n) is 15.0. The Labute approximate surface area is 268 Å². The number of hydrogen-bond donors (Lipinski definition) is 0. The van der Waals surface area contributed by atoms with Crippen LogP contribution in [0.1, 0.15) is 63.8 Å². The second-order valence-electron chi connectivity index (χ2n) is 13.5. The average molecular weight is 615 g/mol. The van der Waals surface area contributed by atoms with Crippen molar-refractivity contribution in [1.29, 1.82) is 0 Å². The number of nitrogens with zero attached hydrogens (tertiary/aromatic N) is 4. The van der Waals surface area contributed by atoms with Crippen LogP contribution in [0.5, 0.6) is 0 Å². The number of aryl methyl sites for hydroxylation is 2. The molecule has 0 radical (unpaired) electrons. The number of benzene rings is 4. The van der Waals surface area contributed by atoms with Crippen LogP contribution in [0.25, 0.3) is 53.4 Å². The molecule has 0 N–H and O–H groups in total. The fourth-order valence-electron chi connectivity index (χ4n) is 5.34. The zero-order valence-electron chi connectivity index (χ0n) is 26.7. The van der Waals surface area contributed by atoms with Crippen LogP contribution in [0.15, 0.2) is 84.9 Å². The smallest absolute Gasteiger partial charge is 0.138 e. The van der Waals surface area contributed by atoms with Gasteiger partial charge in [-0.15, -0.1) is 20.4 Å². The van der Waals surface area contributed by atoms with Gasteiger partial charge in [-0.25, -0.2) is 0 Å². The normalized spacial score (nSPS) is 12.1. The molecular formula is C38H38N4S2. The van der Waals surface area contributed by atoms with Crippen molar-refractivity contribution in [2.75, 3.05) is 0 Å². The van der Waals surface area contributed by atoms with Gasteiger partial charge in [0.05, 0.1) is 0 Å². The van der Waals surface area contributed by atoms with Gasteiger partial charge in [-0.1, -0.05) is 137 Å². The monoisotopic (exact) mass is 614 g/mol. The summed E-state index contributed by atoms with van der Waals surface area (Å²) in [7, 11) is 0. The first-order chi connectivity index (χ1) is 20.9. The van der Waals surface area contributed by atoms with E-state index in [-0.39, 0.29) is 10.8 Å². The Kier molecular flexibility index (Phi) is 7.85. The highest BCUT2D eigenvalue weighted by molar-refractivity contribution is 7.18. The van der Waals surface area contributed by atoms with Gasteiger partial charge in [0.1, 0.15) is 20.0 Å². The van der Waals surface area contributed by atoms with E-state index in [1.54, 1.807) is 22.7 Å². The van der Waals surface area contributed by atoms with Gasteiger partial charge in [-0.05, 0) is 70.2 Å². The van der Waals surface area contributed by atoms with E-state index in [0.717, 1.165) is 42.3 Å². The van der Waals surface area contributed by atoms with Gasteiger partial charge in [-0.3, -0.25) is 0 Å². The lowest BCUT2D eigenvalue weighted by atomic mass is 9.87. The van der Waals surface area contributed by atoms with E-state index in [4.69, 9.17) is 0 Å². The maximum Gasteiger partial charge on any atom is 0.148 e. The zero-order chi connectivity index (χ0) is 31.2. The van der Waals surface area contributed by atoms with Crippen LogP contribution < -0.4 is 0 Å². The van der Waals surface area contributed by atoms with E-state index < -0.39 is 0 Å². The van der Waals surface area contributed by atoms with Crippen LogP contribution in [0.3, 0.4) is 0 Å². The van der Waals surface area contributed by atoms with Crippen molar-refractivity contribution >= 4 is 22.7 Å². The summed E-state index contributed by atoms with van der Waals surface area (Å²) >= 11 is 3.27. The molecule has 0 atom stereocenters. The average Bonchev–Trinajstić information content (AvgIpc) is 3.68.